The first kappa shape index (κ1) is 12.2. The van der Waals surface area contributed by atoms with Gasteiger partial charge in [-0.1, -0.05) is 0 Å². The molecule has 5 heteroatoms. The summed E-state index contributed by atoms with van der Waals surface area (Å²) in [6.07, 6.45) is 3.95. The Morgan fingerprint density at radius 1 is 1.47 bits per heavy atom. The molecule has 17 heavy (non-hydrogen) atoms. The summed E-state index contributed by atoms with van der Waals surface area (Å²) in [7, 11) is 0. The minimum atomic E-state index is -0.0532. The molecule has 1 aromatic heterocycles. The van der Waals surface area contributed by atoms with Gasteiger partial charge in [-0.25, -0.2) is 0 Å². The Bertz CT molecular complexity index is 462. The van der Waals surface area contributed by atoms with Gasteiger partial charge in [-0.3, -0.25) is 14.6 Å². The van der Waals surface area contributed by atoms with Crippen molar-refractivity contribution in [3.8, 4) is 0 Å². The van der Waals surface area contributed by atoms with Gasteiger partial charge in [-0.05, 0) is 35.3 Å². The minimum Gasteiger partial charge on any atom is -0.338 e. The van der Waals surface area contributed by atoms with E-state index in [0.29, 0.717) is 18.7 Å². The summed E-state index contributed by atoms with van der Waals surface area (Å²) in [5, 5.41) is 0. The maximum atomic E-state index is 12.1. The van der Waals surface area contributed by atoms with Crippen LogP contribution in [0.15, 0.2) is 22.9 Å². The number of halogens is 1. The second-order valence-corrected chi connectivity index (χ2v) is 5.15. The lowest BCUT2D eigenvalue weighted by molar-refractivity contribution is -0.120. The van der Waals surface area contributed by atoms with E-state index in [9.17, 15) is 9.59 Å². The van der Waals surface area contributed by atoms with E-state index in [1.165, 1.54) is 0 Å². The molecular formula is C12H13BrN2O2. The van der Waals surface area contributed by atoms with Crippen LogP contribution in [-0.2, 0) is 4.79 Å². The molecule has 1 aromatic rings. The minimum absolute atomic E-state index is 0.000868. The fraction of sp³-hybridized carbons (Fsp3) is 0.417. The molecule has 0 aromatic carbocycles. The fourth-order valence-corrected chi connectivity index (χ4v) is 2.35. The van der Waals surface area contributed by atoms with E-state index in [4.69, 9.17) is 0 Å². The zero-order valence-electron chi connectivity index (χ0n) is 9.52. The van der Waals surface area contributed by atoms with E-state index in [1.807, 2.05) is 0 Å². The molecule has 1 unspecified atom stereocenters. The van der Waals surface area contributed by atoms with Gasteiger partial charge in [0, 0.05) is 35.9 Å². The number of nitrogens with zero attached hydrogens (tertiary/aromatic N) is 2. The van der Waals surface area contributed by atoms with E-state index in [2.05, 4.69) is 20.9 Å². The third kappa shape index (κ3) is 2.72. The van der Waals surface area contributed by atoms with Crippen LogP contribution < -0.4 is 0 Å². The molecule has 0 spiro atoms. The van der Waals surface area contributed by atoms with Crippen molar-refractivity contribution in [2.75, 3.05) is 13.1 Å². The summed E-state index contributed by atoms with van der Waals surface area (Å²) in [6, 6.07) is 1.75. The van der Waals surface area contributed by atoms with Crippen LogP contribution in [0.3, 0.4) is 0 Å². The van der Waals surface area contributed by atoms with Crippen LogP contribution in [0.2, 0.25) is 0 Å². The molecule has 2 heterocycles. The third-order valence-corrected chi connectivity index (χ3v) is 3.44. The van der Waals surface area contributed by atoms with Crippen LogP contribution in [-0.4, -0.2) is 34.7 Å². The van der Waals surface area contributed by atoms with Crippen LogP contribution in [0.5, 0.6) is 0 Å². The first-order valence-corrected chi connectivity index (χ1v) is 6.27. The Morgan fingerprint density at radius 3 is 2.82 bits per heavy atom. The first-order chi connectivity index (χ1) is 8.08. The number of hydrogen-bond acceptors (Lipinski definition) is 3. The molecule has 0 N–H and O–H groups in total. The normalized spacial score (nSPS) is 19.4. The summed E-state index contributed by atoms with van der Waals surface area (Å²) >= 11 is 3.29. The number of hydrogen-bond donors (Lipinski definition) is 0. The van der Waals surface area contributed by atoms with Crippen LogP contribution in [0, 0.1) is 5.92 Å². The van der Waals surface area contributed by atoms with Gasteiger partial charge >= 0.3 is 0 Å². The van der Waals surface area contributed by atoms with E-state index >= 15 is 0 Å². The quantitative estimate of drug-likeness (QED) is 0.837. The summed E-state index contributed by atoms with van der Waals surface area (Å²) in [5.41, 5.74) is 0.559. The van der Waals surface area contributed by atoms with Crippen molar-refractivity contribution in [2.24, 2.45) is 5.92 Å². The number of carbonyl (C=O) groups excluding carboxylic acids is 2. The summed E-state index contributed by atoms with van der Waals surface area (Å²) in [5.74, 6) is 0.106. The maximum Gasteiger partial charge on any atom is 0.255 e. The number of amides is 1. The highest BCUT2D eigenvalue weighted by molar-refractivity contribution is 9.10. The Kier molecular flexibility index (Phi) is 3.57. The van der Waals surface area contributed by atoms with Crippen LogP contribution in [0.4, 0.5) is 0 Å². The Hall–Kier alpha value is -1.23. The van der Waals surface area contributed by atoms with Gasteiger partial charge in [0.15, 0.2) is 0 Å². The Labute approximate surface area is 108 Å². The molecular weight excluding hydrogens is 284 g/mol. The second kappa shape index (κ2) is 4.96. The summed E-state index contributed by atoms with van der Waals surface area (Å²) in [6.45, 7) is 2.76. The highest BCUT2D eigenvalue weighted by Crippen LogP contribution is 2.20. The number of likely N-dealkylation sites (tertiary alicyclic amines) is 1. The lowest BCUT2D eigenvalue weighted by Gasteiger charge is -2.15. The fourth-order valence-electron chi connectivity index (χ4n) is 1.99. The molecule has 1 amide bonds. The largest absolute Gasteiger partial charge is 0.338 e. The molecule has 1 atom stereocenters. The number of pyridine rings is 1. The molecule has 90 valence electrons. The van der Waals surface area contributed by atoms with Crippen molar-refractivity contribution < 1.29 is 9.59 Å². The monoisotopic (exact) mass is 296 g/mol. The zero-order valence-corrected chi connectivity index (χ0v) is 11.1. The SMILES string of the molecule is CC(=O)C1CCN(C(=O)c2cncc(Br)c2)C1. The van der Waals surface area contributed by atoms with Gasteiger partial charge in [-0.2, -0.15) is 0 Å². The molecule has 0 bridgehead atoms. The van der Waals surface area contributed by atoms with Crippen LogP contribution >= 0.6 is 15.9 Å². The van der Waals surface area contributed by atoms with Crippen LogP contribution in [0.25, 0.3) is 0 Å². The van der Waals surface area contributed by atoms with Crippen molar-refractivity contribution in [1.82, 2.24) is 9.88 Å². The highest BCUT2D eigenvalue weighted by atomic mass is 79.9. The summed E-state index contributed by atoms with van der Waals surface area (Å²) < 4.78 is 0.783. The first-order valence-electron chi connectivity index (χ1n) is 5.48. The smallest absolute Gasteiger partial charge is 0.255 e. The van der Waals surface area contributed by atoms with E-state index < -0.39 is 0 Å². The average molecular weight is 297 g/mol. The van der Waals surface area contributed by atoms with Crippen molar-refractivity contribution in [3.63, 3.8) is 0 Å². The van der Waals surface area contributed by atoms with Crippen molar-refractivity contribution in [3.05, 3.63) is 28.5 Å². The van der Waals surface area contributed by atoms with Crippen molar-refractivity contribution >= 4 is 27.6 Å². The zero-order chi connectivity index (χ0) is 12.4. The predicted molar refractivity (Wildman–Crippen MR) is 66.6 cm³/mol. The van der Waals surface area contributed by atoms with Crippen LogP contribution in [0.1, 0.15) is 23.7 Å². The highest BCUT2D eigenvalue weighted by Gasteiger charge is 2.29. The van der Waals surface area contributed by atoms with E-state index in [-0.39, 0.29) is 17.6 Å². The molecule has 0 aliphatic carbocycles. The Morgan fingerprint density at radius 2 is 2.24 bits per heavy atom. The number of ketones is 1. The molecule has 2 rings (SSSR count). The molecule has 4 nitrogen and oxygen atoms in total. The molecule has 0 radical (unpaired) electrons. The second-order valence-electron chi connectivity index (χ2n) is 4.24. The number of rotatable bonds is 2. The van der Waals surface area contributed by atoms with Crippen molar-refractivity contribution in [2.45, 2.75) is 13.3 Å². The standard InChI is InChI=1S/C12H13BrN2O2/c1-8(16)9-2-3-15(7-9)12(17)10-4-11(13)6-14-5-10/h4-6,9H,2-3,7H2,1H3. The molecule has 1 saturated heterocycles. The molecule has 1 aliphatic rings. The van der Waals surface area contributed by atoms with Gasteiger partial charge in [0.1, 0.15) is 5.78 Å². The third-order valence-electron chi connectivity index (χ3n) is 3.00. The molecule has 1 fully saturated rings. The number of aromatic nitrogens is 1. The van der Waals surface area contributed by atoms with Crippen molar-refractivity contribution in [1.29, 1.82) is 0 Å². The topological polar surface area (TPSA) is 50.3 Å². The van der Waals surface area contributed by atoms with Gasteiger partial charge in [0.25, 0.3) is 5.91 Å². The maximum absolute atomic E-state index is 12.1. The number of Topliss-reactive ketones (excluding diaryl/α,β-unsaturated/α-hetero) is 1. The van der Waals surface area contributed by atoms with E-state index in [0.717, 1.165) is 10.9 Å². The Balaban J connectivity index is 2.09. The van der Waals surface area contributed by atoms with Gasteiger partial charge in [0.2, 0.25) is 0 Å². The van der Waals surface area contributed by atoms with Gasteiger partial charge in [-0.15, -0.1) is 0 Å². The summed E-state index contributed by atoms with van der Waals surface area (Å²) in [4.78, 5) is 29.1. The van der Waals surface area contributed by atoms with Gasteiger partial charge in [0.05, 0.1) is 5.56 Å². The molecule has 1 aliphatic heterocycles. The predicted octanol–water partition coefficient (Wildman–Crippen LogP) is 1.90. The lowest BCUT2D eigenvalue weighted by Crippen LogP contribution is -2.29. The number of carbonyl (C=O) groups is 2. The average Bonchev–Trinajstić information content (AvgIpc) is 2.77. The molecule has 0 saturated carbocycles. The van der Waals surface area contributed by atoms with Gasteiger partial charge < -0.3 is 4.90 Å². The van der Waals surface area contributed by atoms with E-state index in [1.54, 1.807) is 30.3 Å². The lowest BCUT2D eigenvalue weighted by atomic mass is 10.1.